The summed E-state index contributed by atoms with van der Waals surface area (Å²) in [4.78, 5) is 12.2. The van der Waals surface area contributed by atoms with E-state index in [1.54, 1.807) is 48.7 Å². The fourth-order valence-electron chi connectivity index (χ4n) is 2.41. The Bertz CT molecular complexity index is 956. The lowest BCUT2D eigenvalue weighted by atomic mass is 10.2. The molecule has 150 valence electrons. The van der Waals surface area contributed by atoms with Gasteiger partial charge in [-0.15, -0.1) is 10.2 Å². The predicted molar refractivity (Wildman–Crippen MR) is 108 cm³/mol. The Hall–Kier alpha value is -3.88. The van der Waals surface area contributed by atoms with E-state index in [4.69, 9.17) is 14.2 Å². The number of amides is 1. The van der Waals surface area contributed by atoms with Crippen molar-refractivity contribution in [1.82, 2.24) is 14.9 Å². The third kappa shape index (κ3) is 5.80. The third-order valence-corrected chi connectivity index (χ3v) is 3.74. The van der Waals surface area contributed by atoms with Crippen molar-refractivity contribution >= 4 is 17.8 Å². The molecule has 1 amide bonds. The van der Waals surface area contributed by atoms with Gasteiger partial charge >= 0.3 is 0 Å². The first-order chi connectivity index (χ1) is 14.2. The monoisotopic (exact) mass is 395 g/mol. The van der Waals surface area contributed by atoms with E-state index < -0.39 is 0 Å². The summed E-state index contributed by atoms with van der Waals surface area (Å²) in [5.41, 5.74) is 1.45. The lowest BCUT2D eigenvalue weighted by Crippen LogP contribution is -2.20. The number of nitrogens with zero attached hydrogens (tertiary/aromatic N) is 4. The van der Waals surface area contributed by atoms with E-state index in [9.17, 15) is 4.79 Å². The molecule has 29 heavy (non-hydrogen) atoms. The van der Waals surface area contributed by atoms with Gasteiger partial charge in [-0.05, 0) is 55.0 Å². The van der Waals surface area contributed by atoms with Gasteiger partial charge in [0.25, 0.3) is 5.91 Å². The van der Waals surface area contributed by atoms with Gasteiger partial charge < -0.3 is 19.5 Å². The quantitative estimate of drug-likeness (QED) is 0.559. The van der Waals surface area contributed by atoms with Gasteiger partial charge in [-0.3, -0.25) is 4.79 Å². The van der Waals surface area contributed by atoms with Crippen molar-refractivity contribution in [2.24, 2.45) is 5.10 Å². The molecule has 0 radical (unpaired) electrons. The van der Waals surface area contributed by atoms with Crippen LogP contribution in [0.5, 0.6) is 17.2 Å². The molecule has 0 saturated carbocycles. The Morgan fingerprint density at radius 2 is 1.86 bits per heavy atom. The molecule has 0 spiro atoms. The number of anilines is 1. The summed E-state index contributed by atoms with van der Waals surface area (Å²) in [7, 11) is 1.53. The van der Waals surface area contributed by atoms with E-state index in [0.29, 0.717) is 23.8 Å². The van der Waals surface area contributed by atoms with Crippen molar-refractivity contribution in [2.45, 2.75) is 6.92 Å². The standard InChI is InChI=1S/C20H21N5O4/c1-3-28-17-7-5-16(6-8-17)24-20(26)12-29-18-9-4-15(10-19(18)27-2)11-23-25-13-21-22-14-25/h4-11,13-14H,3,12H2,1-2H3,(H,24,26)/b23-11-. The predicted octanol–water partition coefficient (Wildman–Crippen LogP) is 2.59. The van der Waals surface area contributed by atoms with Crippen LogP contribution < -0.4 is 19.5 Å². The van der Waals surface area contributed by atoms with Crippen LogP contribution in [0.15, 0.2) is 60.2 Å². The van der Waals surface area contributed by atoms with Gasteiger partial charge in [0.2, 0.25) is 0 Å². The van der Waals surface area contributed by atoms with E-state index in [-0.39, 0.29) is 12.5 Å². The Balaban J connectivity index is 1.57. The molecule has 1 heterocycles. The molecule has 9 heteroatoms. The smallest absolute Gasteiger partial charge is 0.262 e. The molecule has 1 N–H and O–H groups in total. The van der Waals surface area contributed by atoms with E-state index in [2.05, 4.69) is 20.6 Å². The fourth-order valence-corrected chi connectivity index (χ4v) is 2.41. The summed E-state index contributed by atoms with van der Waals surface area (Å²) in [5, 5.41) is 14.3. The molecule has 3 rings (SSSR count). The first-order valence-corrected chi connectivity index (χ1v) is 8.90. The highest BCUT2D eigenvalue weighted by Crippen LogP contribution is 2.27. The van der Waals surface area contributed by atoms with Crippen molar-refractivity contribution in [3.05, 3.63) is 60.7 Å². The molecule has 0 aliphatic carbocycles. The molecule has 0 atom stereocenters. The molecular weight excluding hydrogens is 374 g/mol. The number of nitrogens with one attached hydrogen (secondary N) is 1. The Morgan fingerprint density at radius 3 is 2.55 bits per heavy atom. The summed E-state index contributed by atoms with van der Waals surface area (Å²) in [5.74, 6) is 1.41. The van der Waals surface area contributed by atoms with Gasteiger partial charge in [0, 0.05) is 5.69 Å². The van der Waals surface area contributed by atoms with Crippen LogP contribution in [0.2, 0.25) is 0 Å². The summed E-state index contributed by atoms with van der Waals surface area (Å²) in [6.07, 6.45) is 4.59. The molecule has 0 aliphatic rings. The Labute approximate surface area is 167 Å². The van der Waals surface area contributed by atoms with Crippen LogP contribution in [-0.4, -0.2) is 47.3 Å². The minimum atomic E-state index is -0.283. The highest BCUT2D eigenvalue weighted by Gasteiger charge is 2.09. The molecular formula is C20H21N5O4. The van der Waals surface area contributed by atoms with Gasteiger partial charge in [0.1, 0.15) is 18.4 Å². The zero-order valence-corrected chi connectivity index (χ0v) is 16.1. The third-order valence-electron chi connectivity index (χ3n) is 3.74. The maximum Gasteiger partial charge on any atom is 0.262 e. The van der Waals surface area contributed by atoms with Gasteiger partial charge in [-0.25, -0.2) is 4.68 Å². The molecule has 0 bridgehead atoms. The van der Waals surface area contributed by atoms with Gasteiger partial charge in [0.15, 0.2) is 18.1 Å². The topological polar surface area (TPSA) is 99.9 Å². The van der Waals surface area contributed by atoms with Crippen molar-refractivity contribution in [3.8, 4) is 17.2 Å². The van der Waals surface area contributed by atoms with Crippen molar-refractivity contribution in [2.75, 3.05) is 25.6 Å². The summed E-state index contributed by atoms with van der Waals surface area (Å²) in [6, 6.07) is 12.4. The second-order valence-corrected chi connectivity index (χ2v) is 5.79. The van der Waals surface area contributed by atoms with E-state index >= 15 is 0 Å². The molecule has 0 aliphatic heterocycles. The second-order valence-electron chi connectivity index (χ2n) is 5.79. The molecule has 1 aromatic heterocycles. The second kappa shape index (κ2) is 9.88. The van der Waals surface area contributed by atoms with Crippen LogP contribution in [0, 0.1) is 0 Å². The van der Waals surface area contributed by atoms with Gasteiger partial charge in [-0.2, -0.15) is 5.10 Å². The number of carbonyl (C=O) groups excluding carboxylic acids is 1. The van der Waals surface area contributed by atoms with Crippen LogP contribution in [0.4, 0.5) is 5.69 Å². The minimum absolute atomic E-state index is 0.155. The highest BCUT2D eigenvalue weighted by molar-refractivity contribution is 5.92. The maximum atomic E-state index is 12.2. The van der Waals surface area contributed by atoms with Gasteiger partial charge in [-0.1, -0.05) is 0 Å². The first kappa shape index (κ1) is 19.9. The first-order valence-electron chi connectivity index (χ1n) is 8.90. The number of methoxy groups -OCH3 is 1. The molecule has 0 saturated heterocycles. The Kier molecular flexibility index (Phi) is 6.77. The van der Waals surface area contributed by atoms with Gasteiger partial charge in [0.05, 0.1) is 19.9 Å². The number of benzene rings is 2. The maximum absolute atomic E-state index is 12.2. The summed E-state index contributed by atoms with van der Waals surface area (Å²) < 4.78 is 17.8. The van der Waals surface area contributed by atoms with E-state index in [1.807, 2.05) is 6.92 Å². The number of aromatic nitrogens is 3. The fraction of sp³-hybridized carbons (Fsp3) is 0.200. The summed E-state index contributed by atoms with van der Waals surface area (Å²) in [6.45, 7) is 2.35. The number of carbonyl (C=O) groups is 1. The van der Waals surface area contributed by atoms with E-state index in [0.717, 1.165) is 11.3 Å². The summed E-state index contributed by atoms with van der Waals surface area (Å²) >= 11 is 0. The lowest BCUT2D eigenvalue weighted by Gasteiger charge is -2.12. The molecule has 0 fully saturated rings. The normalized spacial score (nSPS) is 10.7. The minimum Gasteiger partial charge on any atom is -0.494 e. The van der Waals surface area contributed by atoms with Crippen LogP contribution in [0.25, 0.3) is 0 Å². The number of hydrogen-bond donors (Lipinski definition) is 1. The van der Waals surface area contributed by atoms with Crippen LogP contribution in [0.1, 0.15) is 12.5 Å². The zero-order valence-electron chi connectivity index (χ0n) is 16.1. The highest BCUT2D eigenvalue weighted by atomic mass is 16.5. The molecule has 9 nitrogen and oxygen atoms in total. The van der Waals surface area contributed by atoms with Crippen molar-refractivity contribution in [3.63, 3.8) is 0 Å². The number of ether oxygens (including phenoxy) is 3. The van der Waals surface area contributed by atoms with Crippen LogP contribution in [0.3, 0.4) is 0 Å². The van der Waals surface area contributed by atoms with Crippen molar-refractivity contribution in [1.29, 1.82) is 0 Å². The Morgan fingerprint density at radius 1 is 1.10 bits per heavy atom. The largest absolute Gasteiger partial charge is 0.494 e. The molecule has 0 unspecified atom stereocenters. The van der Waals surface area contributed by atoms with E-state index in [1.165, 1.54) is 24.4 Å². The number of hydrogen-bond acceptors (Lipinski definition) is 7. The van der Waals surface area contributed by atoms with Crippen molar-refractivity contribution < 1.29 is 19.0 Å². The molecule has 2 aromatic carbocycles. The van der Waals surface area contributed by atoms with Crippen LogP contribution in [-0.2, 0) is 4.79 Å². The zero-order chi connectivity index (χ0) is 20.5. The lowest BCUT2D eigenvalue weighted by molar-refractivity contribution is -0.118. The molecule has 3 aromatic rings. The van der Waals surface area contributed by atoms with Crippen LogP contribution >= 0.6 is 0 Å². The number of rotatable bonds is 9. The average Bonchev–Trinajstić information content (AvgIpc) is 3.26. The SMILES string of the molecule is CCOc1ccc(NC(=O)COc2ccc(/C=N\n3cnnc3)cc2OC)cc1. The average molecular weight is 395 g/mol.